The highest BCUT2D eigenvalue weighted by atomic mass is 79.9. The Kier molecular flexibility index (Phi) is 3.82. The summed E-state index contributed by atoms with van der Waals surface area (Å²) in [4.78, 5) is 0.345. The highest BCUT2D eigenvalue weighted by Gasteiger charge is 2.22. The van der Waals surface area contributed by atoms with Gasteiger partial charge in [0, 0.05) is 15.9 Å². The first-order chi connectivity index (χ1) is 8.60. The van der Waals surface area contributed by atoms with Crippen LogP contribution in [0.2, 0.25) is 0 Å². The number of rotatable bonds is 3. The molecule has 5 nitrogen and oxygen atoms in total. The lowest BCUT2D eigenvalue weighted by Gasteiger charge is -2.18. The van der Waals surface area contributed by atoms with Crippen molar-refractivity contribution in [3.05, 3.63) is 34.2 Å². The molecule has 1 aliphatic rings. The number of halogens is 1. The molecule has 1 aromatic rings. The molecular formula is C12H12BrN3O2. The lowest BCUT2D eigenvalue weighted by atomic mass is 9.95. The van der Waals surface area contributed by atoms with E-state index in [0.29, 0.717) is 28.4 Å². The van der Waals surface area contributed by atoms with E-state index in [1.165, 1.54) is 0 Å². The highest BCUT2D eigenvalue weighted by molar-refractivity contribution is 9.10. The van der Waals surface area contributed by atoms with Crippen molar-refractivity contribution in [2.24, 2.45) is 0 Å². The molecule has 0 bridgehead atoms. The Hall–Kier alpha value is -1.61. The third kappa shape index (κ3) is 2.79. The van der Waals surface area contributed by atoms with Gasteiger partial charge in [-0.3, -0.25) is 0 Å². The van der Waals surface area contributed by atoms with Crippen LogP contribution in [0.15, 0.2) is 32.7 Å². The van der Waals surface area contributed by atoms with Crippen LogP contribution in [-0.2, 0) is 4.74 Å². The number of nitriles is 1. The summed E-state index contributed by atoms with van der Waals surface area (Å²) in [5.74, 6) is 1.05. The van der Waals surface area contributed by atoms with Crippen molar-refractivity contribution < 1.29 is 9.15 Å². The fourth-order valence-electron chi connectivity index (χ4n) is 1.69. The van der Waals surface area contributed by atoms with Crippen LogP contribution in [0, 0.1) is 11.3 Å². The minimum atomic E-state index is -0.0713. The maximum Gasteiger partial charge on any atom is 0.284 e. The van der Waals surface area contributed by atoms with E-state index < -0.39 is 0 Å². The van der Waals surface area contributed by atoms with Crippen LogP contribution in [0.4, 0.5) is 0 Å². The maximum atomic E-state index is 9.13. The highest BCUT2D eigenvalue weighted by Crippen LogP contribution is 2.31. The minimum Gasteiger partial charge on any atom is -0.490 e. The van der Waals surface area contributed by atoms with Crippen molar-refractivity contribution in [2.75, 3.05) is 0 Å². The number of ether oxygens (including phenoxy) is 1. The zero-order chi connectivity index (χ0) is 13.1. The SMILES string of the molecule is CC(C)OC1=CCC(c2nnc(Br)o2)C=C1C#N. The summed E-state index contributed by atoms with van der Waals surface area (Å²) >= 11 is 3.11. The Morgan fingerprint density at radius 1 is 1.56 bits per heavy atom. The molecule has 1 aromatic heterocycles. The molecule has 1 heterocycles. The van der Waals surface area contributed by atoms with Crippen molar-refractivity contribution in [3.63, 3.8) is 0 Å². The van der Waals surface area contributed by atoms with E-state index in [1.807, 2.05) is 19.9 Å². The molecule has 0 saturated carbocycles. The zero-order valence-electron chi connectivity index (χ0n) is 10.1. The first kappa shape index (κ1) is 12.8. The Morgan fingerprint density at radius 2 is 2.33 bits per heavy atom. The molecule has 0 fully saturated rings. The molecule has 0 aromatic carbocycles. The summed E-state index contributed by atoms with van der Waals surface area (Å²) < 4.78 is 10.9. The Balaban J connectivity index is 2.20. The van der Waals surface area contributed by atoms with Gasteiger partial charge >= 0.3 is 0 Å². The molecule has 94 valence electrons. The summed E-state index contributed by atoms with van der Waals surface area (Å²) in [7, 11) is 0. The molecule has 0 amide bonds. The van der Waals surface area contributed by atoms with Gasteiger partial charge in [0.25, 0.3) is 4.80 Å². The summed E-state index contributed by atoms with van der Waals surface area (Å²) in [5, 5.41) is 16.8. The van der Waals surface area contributed by atoms with E-state index >= 15 is 0 Å². The van der Waals surface area contributed by atoms with Gasteiger partial charge in [-0.1, -0.05) is 6.08 Å². The molecule has 0 aliphatic heterocycles. The van der Waals surface area contributed by atoms with Gasteiger partial charge in [0.2, 0.25) is 5.89 Å². The fraction of sp³-hybridized carbons (Fsp3) is 0.417. The summed E-state index contributed by atoms with van der Waals surface area (Å²) in [6.45, 7) is 3.86. The lowest BCUT2D eigenvalue weighted by molar-refractivity contribution is 0.153. The Labute approximate surface area is 113 Å². The van der Waals surface area contributed by atoms with Crippen molar-refractivity contribution in [1.82, 2.24) is 10.2 Å². The third-order valence-electron chi connectivity index (χ3n) is 2.41. The quantitative estimate of drug-likeness (QED) is 0.858. The normalized spacial score (nSPS) is 19.2. The molecule has 0 saturated heterocycles. The molecule has 1 aliphatic carbocycles. The van der Waals surface area contributed by atoms with E-state index in [2.05, 4.69) is 32.2 Å². The fourth-order valence-corrected chi connectivity index (χ4v) is 1.94. The second-order valence-corrected chi connectivity index (χ2v) is 4.84. The average molecular weight is 310 g/mol. The number of hydrogen-bond acceptors (Lipinski definition) is 5. The van der Waals surface area contributed by atoms with E-state index in [-0.39, 0.29) is 12.0 Å². The van der Waals surface area contributed by atoms with Gasteiger partial charge in [-0.2, -0.15) is 5.26 Å². The standard InChI is InChI=1S/C12H12BrN3O2/c1-7(2)17-10-4-3-8(5-9(10)6-14)11-15-16-12(13)18-11/h4-5,7-8H,3H2,1-2H3. The van der Waals surface area contributed by atoms with E-state index in [0.717, 1.165) is 0 Å². The predicted octanol–water partition coefficient (Wildman–Crippen LogP) is 3.08. The topological polar surface area (TPSA) is 71.9 Å². The molecule has 1 atom stereocenters. The molecule has 0 N–H and O–H groups in total. The minimum absolute atomic E-state index is 0.0436. The number of hydrogen-bond donors (Lipinski definition) is 0. The van der Waals surface area contributed by atoms with Gasteiger partial charge in [-0.25, -0.2) is 0 Å². The molecule has 6 heteroatoms. The molecule has 18 heavy (non-hydrogen) atoms. The largest absolute Gasteiger partial charge is 0.490 e. The van der Waals surface area contributed by atoms with Gasteiger partial charge in [-0.15, -0.1) is 10.2 Å². The van der Waals surface area contributed by atoms with Crippen molar-refractivity contribution in [1.29, 1.82) is 5.26 Å². The molecule has 1 unspecified atom stereocenters. The second-order valence-electron chi connectivity index (χ2n) is 4.16. The third-order valence-corrected chi connectivity index (χ3v) is 2.73. The smallest absolute Gasteiger partial charge is 0.284 e. The van der Waals surface area contributed by atoms with Crippen LogP contribution in [0.3, 0.4) is 0 Å². The van der Waals surface area contributed by atoms with E-state index in [1.54, 1.807) is 6.08 Å². The van der Waals surface area contributed by atoms with Gasteiger partial charge in [0.1, 0.15) is 11.8 Å². The van der Waals surface area contributed by atoms with E-state index in [9.17, 15) is 0 Å². The first-order valence-corrected chi connectivity index (χ1v) is 6.37. The zero-order valence-corrected chi connectivity index (χ0v) is 11.6. The Morgan fingerprint density at radius 3 is 2.89 bits per heavy atom. The van der Waals surface area contributed by atoms with Crippen molar-refractivity contribution >= 4 is 15.9 Å². The molecule has 0 radical (unpaired) electrons. The number of nitrogens with zero attached hydrogens (tertiary/aromatic N) is 3. The summed E-state index contributed by atoms with van der Waals surface area (Å²) in [6, 6.07) is 2.13. The van der Waals surface area contributed by atoms with E-state index in [4.69, 9.17) is 14.4 Å². The van der Waals surface area contributed by atoms with Crippen LogP contribution >= 0.6 is 15.9 Å². The predicted molar refractivity (Wildman–Crippen MR) is 67.4 cm³/mol. The van der Waals surface area contributed by atoms with Crippen molar-refractivity contribution in [2.45, 2.75) is 32.3 Å². The number of allylic oxidation sites excluding steroid dienone is 3. The summed E-state index contributed by atoms with van der Waals surface area (Å²) in [5.41, 5.74) is 0.509. The van der Waals surface area contributed by atoms with Crippen LogP contribution < -0.4 is 0 Å². The Bertz CT molecular complexity index is 540. The maximum absolute atomic E-state index is 9.13. The van der Waals surface area contributed by atoms with Crippen molar-refractivity contribution in [3.8, 4) is 6.07 Å². The van der Waals surface area contributed by atoms with Crippen LogP contribution in [0.1, 0.15) is 32.1 Å². The summed E-state index contributed by atoms with van der Waals surface area (Å²) in [6.07, 6.45) is 4.42. The van der Waals surface area contributed by atoms with Gasteiger partial charge in [0.15, 0.2) is 0 Å². The first-order valence-electron chi connectivity index (χ1n) is 5.58. The monoisotopic (exact) mass is 309 g/mol. The average Bonchev–Trinajstić information content (AvgIpc) is 2.75. The van der Waals surface area contributed by atoms with Gasteiger partial charge in [-0.05, 0) is 26.3 Å². The lowest BCUT2D eigenvalue weighted by Crippen LogP contribution is -2.09. The van der Waals surface area contributed by atoms with Crippen LogP contribution in [0.25, 0.3) is 0 Å². The number of aromatic nitrogens is 2. The van der Waals surface area contributed by atoms with Crippen LogP contribution in [-0.4, -0.2) is 16.3 Å². The molecule has 2 rings (SSSR count). The molecule has 0 spiro atoms. The molecular weight excluding hydrogens is 298 g/mol. The van der Waals surface area contributed by atoms with Crippen LogP contribution in [0.5, 0.6) is 0 Å². The van der Waals surface area contributed by atoms with Gasteiger partial charge in [0.05, 0.1) is 17.6 Å². The second kappa shape index (κ2) is 5.36. The van der Waals surface area contributed by atoms with Gasteiger partial charge < -0.3 is 9.15 Å².